The molecule has 0 spiro atoms. The van der Waals surface area contributed by atoms with E-state index < -0.39 is 0 Å². The molecule has 3 heterocycles. The number of nitrogens with zero attached hydrogens (tertiary/aromatic N) is 2. The number of H-pyrrole nitrogens is 1. The highest BCUT2D eigenvalue weighted by molar-refractivity contribution is 5.82. The van der Waals surface area contributed by atoms with Crippen LogP contribution < -0.4 is 5.56 Å². The van der Waals surface area contributed by atoms with Crippen LogP contribution in [0.1, 0.15) is 28.3 Å². The van der Waals surface area contributed by atoms with Crippen LogP contribution in [0.25, 0.3) is 10.9 Å². The number of aromatic nitrogens is 2. The van der Waals surface area contributed by atoms with Gasteiger partial charge in [-0.1, -0.05) is 17.7 Å². The first-order valence-corrected chi connectivity index (χ1v) is 8.36. The third kappa shape index (κ3) is 2.74. The van der Waals surface area contributed by atoms with Gasteiger partial charge in [0.15, 0.2) is 0 Å². The minimum Gasteiger partial charge on any atom is -0.321 e. The fourth-order valence-electron chi connectivity index (χ4n) is 3.59. The number of aryl methyl sites for hydroxylation is 2. The van der Waals surface area contributed by atoms with E-state index in [9.17, 15) is 4.79 Å². The van der Waals surface area contributed by atoms with Gasteiger partial charge in [-0.25, -0.2) is 0 Å². The van der Waals surface area contributed by atoms with Crippen LogP contribution in [-0.4, -0.2) is 28.0 Å². The zero-order chi connectivity index (χ0) is 16.7. The van der Waals surface area contributed by atoms with E-state index in [-0.39, 0.29) is 5.56 Å². The standard InChI is InChI=1S/C20H21N3O/c1-13-7-14(2)19-15(8-13)9-16(20(24)22-19)10-23-11-17(12-23)18-5-3-4-6-21-18/h3-9,17H,10-12H2,1-2H3,(H,22,24). The number of aromatic amines is 1. The predicted molar refractivity (Wildman–Crippen MR) is 96.3 cm³/mol. The van der Waals surface area contributed by atoms with Gasteiger partial charge in [-0.15, -0.1) is 0 Å². The quantitative estimate of drug-likeness (QED) is 0.807. The van der Waals surface area contributed by atoms with E-state index >= 15 is 0 Å². The Morgan fingerprint density at radius 2 is 2.04 bits per heavy atom. The van der Waals surface area contributed by atoms with Gasteiger partial charge in [0.1, 0.15) is 0 Å². The number of fused-ring (bicyclic) bond motifs is 1. The van der Waals surface area contributed by atoms with Crippen molar-refractivity contribution >= 4 is 10.9 Å². The number of benzene rings is 1. The van der Waals surface area contributed by atoms with Crippen molar-refractivity contribution in [1.82, 2.24) is 14.9 Å². The Kier molecular flexibility index (Phi) is 3.69. The molecule has 122 valence electrons. The van der Waals surface area contributed by atoms with Gasteiger partial charge in [-0.3, -0.25) is 14.7 Å². The Bertz CT molecular complexity index is 940. The normalized spacial score (nSPS) is 15.6. The molecular formula is C20H21N3O. The van der Waals surface area contributed by atoms with Gasteiger partial charge in [-0.05, 0) is 49.1 Å². The molecule has 1 saturated heterocycles. The molecule has 4 rings (SSSR count). The molecule has 1 aromatic carbocycles. The molecule has 0 radical (unpaired) electrons. The third-order valence-electron chi connectivity index (χ3n) is 4.83. The summed E-state index contributed by atoms with van der Waals surface area (Å²) in [5, 5.41) is 1.11. The second-order valence-electron chi connectivity index (χ2n) is 6.82. The Hall–Kier alpha value is -2.46. The largest absolute Gasteiger partial charge is 0.321 e. The molecule has 24 heavy (non-hydrogen) atoms. The van der Waals surface area contributed by atoms with Crippen LogP contribution >= 0.6 is 0 Å². The summed E-state index contributed by atoms with van der Waals surface area (Å²) in [6, 6.07) is 12.3. The molecule has 1 fully saturated rings. The first-order valence-electron chi connectivity index (χ1n) is 8.36. The lowest BCUT2D eigenvalue weighted by Gasteiger charge is -2.38. The minimum absolute atomic E-state index is 0.0238. The molecule has 1 aliphatic rings. The summed E-state index contributed by atoms with van der Waals surface area (Å²) in [7, 11) is 0. The number of hydrogen-bond acceptors (Lipinski definition) is 3. The number of likely N-dealkylation sites (tertiary alicyclic amines) is 1. The molecular weight excluding hydrogens is 298 g/mol. The fraction of sp³-hybridized carbons (Fsp3) is 0.300. The first kappa shape index (κ1) is 15.1. The smallest absolute Gasteiger partial charge is 0.252 e. The first-order chi connectivity index (χ1) is 11.6. The lowest BCUT2D eigenvalue weighted by atomic mass is 9.95. The van der Waals surface area contributed by atoms with Crippen LogP contribution in [0.15, 0.2) is 47.4 Å². The van der Waals surface area contributed by atoms with Crippen molar-refractivity contribution < 1.29 is 0 Å². The molecule has 0 atom stereocenters. The van der Waals surface area contributed by atoms with E-state index in [1.807, 2.05) is 31.3 Å². The zero-order valence-corrected chi connectivity index (χ0v) is 14.0. The molecule has 4 heteroatoms. The van der Waals surface area contributed by atoms with Crippen LogP contribution in [0.3, 0.4) is 0 Å². The average molecular weight is 319 g/mol. The summed E-state index contributed by atoms with van der Waals surface area (Å²) < 4.78 is 0. The number of nitrogens with one attached hydrogen (secondary N) is 1. The topological polar surface area (TPSA) is 49.0 Å². The molecule has 0 aliphatic carbocycles. The number of rotatable bonds is 3. The van der Waals surface area contributed by atoms with Crippen molar-refractivity contribution in [3.63, 3.8) is 0 Å². The zero-order valence-electron chi connectivity index (χ0n) is 14.0. The highest BCUT2D eigenvalue weighted by Gasteiger charge is 2.29. The van der Waals surface area contributed by atoms with E-state index in [0.29, 0.717) is 12.5 Å². The summed E-state index contributed by atoms with van der Waals surface area (Å²) >= 11 is 0. The van der Waals surface area contributed by atoms with Gasteiger partial charge in [0, 0.05) is 43.0 Å². The highest BCUT2D eigenvalue weighted by Crippen LogP contribution is 2.27. The van der Waals surface area contributed by atoms with Gasteiger partial charge in [-0.2, -0.15) is 0 Å². The Labute approximate surface area is 141 Å². The number of hydrogen-bond donors (Lipinski definition) is 1. The number of pyridine rings is 2. The Morgan fingerprint density at radius 3 is 2.79 bits per heavy atom. The summed E-state index contributed by atoms with van der Waals surface area (Å²) in [5.41, 5.74) is 5.30. The van der Waals surface area contributed by atoms with E-state index in [2.05, 4.69) is 40.0 Å². The molecule has 1 N–H and O–H groups in total. The SMILES string of the molecule is Cc1cc(C)c2[nH]c(=O)c(CN3CC(c4ccccn4)C3)cc2c1. The monoisotopic (exact) mass is 319 g/mol. The molecule has 4 nitrogen and oxygen atoms in total. The Balaban J connectivity index is 1.54. The van der Waals surface area contributed by atoms with Gasteiger partial charge in [0.2, 0.25) is 0 Å². The van der Waals surface area contributed by atoms with Crippen molar-refractivity contribution in [2.75, 3.05) is 13.1 Å². The van der Waals surface area contributed by atoms with Gasteiger partial charge in [0.05, 0.1) is 5.52 Å². The third-order valence-corrected chi connectivity index (χ3v) is 4.83. The Morgan fingerprint density at radius 1 is 1.21 bits per heavy atom. The summed E-state index contributed by atoms with van der Waals surface area (Å²) in [6.45, 7) is 6.74. The van der Waals surface area contributed by atoms with Crippen LogP contribution in [0.5, 0.6) is 0 Å². The molecule has 0 saturated carbocycles. The fourth-order valence-corrected chi connectivity index (χ4v) is 3.59. The van der Waals surface area contributed by atoms with Crippen LogP contribution in [0.4, 0.5) is 0 Å². The molecule has 3 aromatic rings. The predicted octanol–water partition coefficient (Wildman–Crippen LogP) is 3.14. The molecule has 0 bridgehead atoms. The lowest BCUT2D eigenvalue weighted by molar-refractivity contribution is 0.137. The van der Waals surface area contributed by atoms with Crippen LogP contribution in [-0.2, 0) is 6.54 Å². The molecule has 1 aliphatic heterocycles. The van der Waals surface area contributed by atoms with Crippen molar-refractivity contribution in [2.45, 2.75) is 26.3 Å². The molecule has 0 unspecified atom stereocenters. The van der Waals surface area contributed by atoms with Crippen molar-refractivity contribution in [3.05, 3.63) is 75.3 Å². The van der Waals surface area contributed by atoms with E-state index in [0.717, 1.165) is 40.8 Å². The van der Waals surface area contributed by atoms with E-state index in [1.54, 1.807) is 0 Å². The van der Waals surface area contributed by atoms with Gasteiger partial charge in [0.25, 0.3) is 5.56 Å². The van der Waals surface area contributed by atoms with Crippen molar-refractivity contribution in [2.24, 2.45) is 0 Å². The summed E-state index contributed by atoms with van der Waals surface area (Å²) in [5.74, 6) is 0.482. The highest BCUT2D eigenvalue weighted by atomic mass is 16.1. The lowest BCUT2D eigenvalue weighted by Crippen LogP contribution is -2.45. The van der Waals surface area contributed by atoms with Gasteiger partial charge < -0.3 is 4.98 Å². The second-order valence-corrected chi connectivity index (χ2v) is 6.82. The minimum atomic E-state index is 0.0238. The summed E-state index contributed by atoms with van der Waals surface area (Å²) in [4.78, 5) is 22.2. The van der Waals surface area contributed by atoms with Crippen LogP contribution in [0.2, 0.25) is 0 Å². The van der Waals surface area contributed by atoms with Crippen molar-refractivity contribution in [1.29, 1.82) is 0 Å². The van der Waals surface area contributed by atoms with Gasteiger partial charge >= 0.3 is 0 Å². The van der Waals surface area contributed by atoms with Crippen molar-refractivity contribution in [3.8, 4) is 0 Å². The summed E-state index contributed by atoms with van der Waals surface area (Å²) in [6.07, 6.45) is 1.84. The van der Waals surface area contributed by atoms with Crippen LogP contribution in [0, 0.1) is 13.8 Å². The maximum Gasteiger partial charge on any atom is 0.252 e. The van der Waals surface area contributed by atoms with E-state index in [4.69, 9.17) is 0 Å². The maximum absolute atomic E-state index is 12.4. The molecule has 0 amide bonds. The molecule has 2 aromatic heterocycles. The van der Waals surface area contributed by atoms with E-state index in [1.165, 1.54) is 5.56 Å². The maximum atomic E-state index is 12.4. The average Bonchev–Trinajstić information content (AvgIpc) is 2.52. The second kappa shape index (κ2) is 5.87.